The van der Waals surface area contributed by atoms with E-state index < -0.39 is 11.8 Å². The summed E-state index contributed by atoms with van der Waals surface area (Å²) in [5.74, 6) is -0.795. The molecule has 0 aliphatic carbocycles. The Bertz CT molecular complexity index is 325. The van der Waals surface area contributed by atoms with Crippen LogP contribution in [0.25, 0.3) is 0 Å². The van der Waals surface area contributed by atoms with Gasteiger partial charge in [0.05, 0.1) is 19.7 Å². The fourth-order valence-corrected chi connectivity index (χ4v) is 0.946. The predicted octanol–water partition coefficient (Wildman–Crippen LogP) is 1.24. The molecule has 0 N–H and O–H groups in total. The van der Waals surface area contributed by atoms with E-state index in [0.29, 0.717) is 11.1 Å². The van der Waals surface area contributed by atoms with Crippen LogP contribution in [0.4, 0.5) is 4.39 Å². The van der Waals surface area contributed by atoms with E-state index in [1.807, 2.05) is 0 Å². The van der Waals surface area contributed by atoms with Gasteiger partial charge in [-0.1, -0.05) is 0 Å². The minimum absolute atomic E-state index is 0.0626. The number of hydrogen-bond acceptors (Lipinski definition) is 3. The first-order chi connectivity index (χ1) is 6.15. The third-order valence-corrected chi connectivity index (χ3v) is 1.82. The van der Waals surface area contributed by atoms with Crippen LogP contribution >= 0.6 is 0 Å². The standard InChI is InChI=1S/C9H10FNO2/c1-6-7(3-9(12)13-2)4-11-5-8(6)10/h4-5H,3H2,1-2H3. The molecule has 0 aliphatic heterocycles. The number of pyridine rings is 1. The second kappa shape index (κ2) is 3.98. The highest BCUT2D eigenvalue weighted by atomic mass is 19.1. The number of halogens is 1. The van der Waals surface area contributed by atoms with Gasteiger partial charge in [-0.25, -0.2) is 4.39 Å². The maximum absolute atomic E-state index is 12.9. The number of nitrogens with zero attached hydrogens (tertiary/aromatic N) is 1. The Morgan fingerprint density at radius 3 is 2.92 bits per heavy atom. The Labute approximate surface area is 75.6 Å². The van der Waals surface area contributed by atoms with Crippen molar-refractivity contribution in [2.45, 2.75) is 13.3 Å². The van der Waals surface area contributed by atoms with Crippen LogP contribution in [-0.4, -0.2) is 18.1 Å². The molecule has 0 spiro atoms. The van der Waals surface area contributed by atoms with Gasteiger partial charge in [-0.05, 0) is 18.1 Å². The Morgan fingerprint density at radius 2 is 2.31 bits per heavy atom. The molecular weight excluding hydrogens is 173 g/mol. The number of esters is 1. The molecule has 1 aromatic heterocycles. The molecule has 0 fully saturated rings. The van der Waals surface area contributed by atoms with E-state index in [4.69, 9.17) is 0 Å². The second-order valence-electron chi connectivity index (χ2n) is 2.66. The summed E-state index contributed by atoms with van der Waals surface area (Å²) in [7, 11) is 1.30. The number of carbonyl (C=O) groups excluding carboxylic acids is 1. The summed E-state index contributed by atoms with van der Waals surface area (Å²) in [5.41, 5.74) is 1.01. The smallest absolute Gasteiger partial charge is 0.310 e. The van der Waals surface area contributed by atoms with Crippen molar-refractivity contribution in [3.8, 4) is 0 Å². The molecule has 4 heteroatoms. The van der Waals surface area contributed by atoms with Gasteiger partial charge < -0.3 is 4.74 Å². The number of carbonyl (C=O) groups is 1. The van der Waals surface area contributed by atoms with Gasteiger partial charge in [-0.3, -0.25) is 9.78 Å². The van der Waals surface area contributed by atoms with E-state index in [-0.39, 0.29) is 6.42 Å². The normalized spacial score (nSPS) is 9.77. The first-order valence-corrected chi connectivity index (χ1v) is 3.81. The molecule has 0 aliphatic rings. The summed E-state index contributed by atoms with van der Waals surface area (Å²) in [4.78, 5) is 14.5. The predicted molar refractivity (Wildman–Crippen MR) is 44.7 cm³/mol. The zero-order valence-electron chi connectivity index (χ0n) is 7.50. The van der Waals surface area contributed by atoms with Crippen LogP contribution < -0.4 is 0 Å². The Kier molecular flexibility index (Phi) is 2.95. The third kappa shape index (κ3) is 2.24. The van der Waals surface area contributed by atoms with Crippen LogP contribution in [-0.2, 0) is 16.0 Å². The van der Waals surface area contributed by atoms with Gasteiger partial charge in [-0.2, -0.15) is 0 Å². The fourth-order valence-electron chi connectivity index (χ4n) is 0.946. The van der Waals surface area contributed by atoms with E-state index in [1.165, 1.54) is 13.3 Å². The minimum atomic E-state index is -0.401. The number of methoxy groups -OCH3 is 1. The molecule has 0 saturated heterocycles. The van der Waals surface area contributed by atoms with Crippen LogP contribution in [0.3, 0.4) is 0 Å². The van der Waals surface area contributed by atoms with Crippen molar-refractivity contribution in [1.82, 2.24) is 4.98 Å². The van der Waals surface area contributed by atoms with Gasteiger partial charge in [0.25, 0.3) is 0 Å². The summed E-state index contributed by atoms with van der Waals surface area (Å²) in [6.45, 7) is 1.61. The average molecular weight is 183 g/mol. The van der Waals surface area contributed by atoms with Crippen molar-refractivity contribution < 1.29 is 13.9 Å². The van der Waals surface area contributed by atoms with Crippen molar-refractivity contribution in [3.05, 3.63) is 29.3 Å². The van der Waals surface area contributed by atoms with Crippen molar-refractivity contribution in [2.24, 2.45) is 0 Å². The molecule has 1 aromatic rings. The summed E-state index contributed by atoms with van der Waals surface area (Å²) < 4.78 is 17.4. The van der Waals surface area contributed by atoms with Gasteiger partial charge in [0.2, 0.25) is 0 Å². The van der Waals surface area contributed by atoms with Gasteiger partial charge in [-0.15, -0.1) is 0 Å². The Hall–Kier alpha value is -1.45. The van der Waals surface area contributed by atoms with E-state index in [2.05, 4.69) is 9.72 Å². The zero-order valence-corrected chi connectivity index (χ0v) is 7.50. The van der Waals surface area contributed by atoms with E-state index in [1.54, 1.807) is 6.92 Å². The molecule has 0 amide bonds. The third-order valence-electron chi connectivity index (χ3n) is 1.82. The molecule has 0 unspecified atom stereocenters. The lowest BCUT2D eigenvalue weighted by molar-refractivity contribution is -0.139. The second-order valence-corrected chi connectivity index (χ2v) is 2.66. The van der Waals surface area contributed by atoms with Crippen molar-refractivity contribution in [3.63, 3.8) is 0 Å². The van der Waals surface area contributed by atoms with E-state index in [9.17, 15) is 9.18 Å². The van der Waals surface area contributed by atoms with E-state index >= 15 is 0 Å². The summed E-state index contributed by atoms with van der Waals surface area (Å²) in [5, 5.41) is 0. The molecule has 1 rings (SSSR count). The number of aromatic nitrogens is 1. The molecular formula is C9H10FNO2. The molecule has 70 valence electrons. The fraction of sp³-hybridized carbons (Fsp3) is 0.333. The highest BCUT2D eigenvalue weighted by Gasteiger charge is 2.08. The topological polar surface area (TPSA) is 39.2 Å². The number of ether oxygens (including phenoxy) is 1. The summed E-state index contributed by atoms with van der Waals surface area (Å²) in [6.07, 6.45) is 2.65. The Morgan fingerprint density at radius 1 is 1.62 bits per heavy atom. The zero-order chi connectivity index (χ0) is 9.84. The first kappa shape index (κ1) is 9.64. The number of hydrogen-bond donors (Lipinski definition) is 0. The summed E-state index contributed by atoms with van der Waals surface area (Å²) >= 11 is 0. The molecule has 0 saturated carbocycles. The SMILES string of the molecule is COC(=O)Cc1cncc(F)c1C. The molecule has 3 nitrogen and oxygen atoms in total. The maximum atomic E-state index is 12.9. The monoisotopic (exact) mass is 183 g/mol. The highest BCUT2D eigenvalue weighted by molar-refractivity contribution is 5.72. The van der Waals surface area contributed by atoms with Crippen LogP contribution in [0.1, 0.15) is 11.1 Å². The van der Waals surface area contributed by atoms with Gasteiger partial charge >= 0.3 is 5.97 Å². The van der Waals surface area contributed by atoms with Crippen LogP contribution in [0.5, 0.6) is 0 Å². The lowest BCUT2D eigenvalue weighted by Gasteiger charge is -2.03. The van der Waals surface area contributed by atoms with Crippen LogP contribution in [0.2, 0.25) is 0 Å². The lowest BCUT2D eigenvalue weighted by atomic mass is 10.1. The van der Waals surface area contributed by atoms with Crippen LogP contribution in [0.15, 0.2) is 12.4 Å². The Balaban J connectivity index is 2.89. The van der Waals surface area contributed by atoms with Gasteiger partial charge in [0, 0.05) is 6.20 Å². The quantitative estimate of drug-likeness (QED) is 0.647. The molecule has 0 atom stereocenters. The summed E-state index contributed by atoms with van der Waals surface area (Å²) in [6, 6.07) is 0. The van der Waals surface area contributed by atoms with Crippen LogP contribution in [0, 0.1) is 12.7 Å². The highest BCUT2D eigenvalue weighted by Crippen LogP contribution is 2.10. The molecule has 13 heavy (non-hydrogen) atoms. The number of rotatable bonds is 2. The average Bonchev–Trinajstić information content (AvgIpc) is 2.13. The molecule has 0 radical (unpaired) electrons. The molecule has 1 heterocycles. The van der Waals surface area contributed by atoms with Crippen molar-refractivity contribution in [1.29, 1.82) is 0 Å². The minimum Gasteiger partial charge on any atom is -0.469 e. The first-order valence-electron chi connectivity index (χ1n) is 3.81. The van der Waals surface area contributed by atoms with Crippen molar-refractivity contribution >= 4 is 5.97 Å². The molecule has 0 aromatic carbocycles. The van der Waals surface area contributed by atoms with Gasteiger partial charge in [0.15, 0.2) is 0 Å². The van der Waals surface area contributed by atoms with E-state index in [0.717, 1.165) is 6.20 Å². The van der Waals surface area contributed by atoms with Crippen molar-refractivity contribution in [2.75, 3.05) is 7.11 Å². The van der Waals surface area contributed by atoms with Gasteiger partial charge in [0.1, 0.15) is 5.82 Å². The maximum Gasteiger partial charge on any atom is 0.310 e. The molecule has 0 bridgehead atoms. The lowest BCUT2D eigenvalue weighted by Crippen LogP contribution is -2.07. The largest absolute Gasteiger partial charge is 0.469 e.